The van der Waals surface area contributed by atoms with Gasteiger partial charge in [0.05, 0.1) is 12.1 Å². The Kier molecular flexibility index (Phi) is 6.65. The van der Waals surface area contributed by atoms with Gasteiger partial charge >= 0.3 is 13.2 Å². The van der Waals surface area contributed by atoms with Crippen LogP contribution in [0, 0.1) is 0 Å². The highest BCUT2D eigenvalue weighted by atomic mass is 32.1. The summed E-state index contributed by atoms with van der Waals surface area (Å²) in [5.74, 6) is -0.388. The van der Waals surface area contributed by atoms with Crippen molar-refractivity contribution >= 4 is 22.4 Å². The summed E-state index contributed by atoms with van der Waals surface area (Å²) in [4.78, 5) is 16.4. The molecule has 1 amide bonds. The number of carbonyl (C=O) groups is 1. The summed E-state index contributed by atoms with van der Waals surface area (Å²) in [5, 5.41) is 4.51. The van der Waals surface area contributed by atoms with Crippen LogP contribution < -0.4 is 14.8 Å². The van der Waals surface area contributed by atoms with Crippen molar-refractivity contribution in [2.24, 2.45) is 0 Å². The zero-order valence-corrected chi connectivity index (χ0v) is 15.5. The first kappa shape index (κ1) is 20.6. The number of halogens is 4. The summed E-state index contributed by atoms with van der Waals surface area (Å²) in [6.07, 6.45) is -0.00501. The van der Waals surface area contributed by atoms with Gasteiger partial charge in [0, 0.05) is 10.9 Å². The molecule has 0 aliphatic heterocycles. The molecule has 3 rings (SSSR count). The van der Waals surface area contributed by atoms with Gasteiger partial charge in [-0.2, -0.15) is 17.6 Å². The molecule has 10 heteroatoms. The molecule has 2 aromatic carbocycles. The lowest BCUT2D eigenvalue weighted by molar-refractivity contribution is -0.115. The Balaban J connectivity index is 1.64. The third-order valence-electron chi connectivity index (χ3n) is 3.64. The van der Waals surface area contributed by atoms with Crippen molar-refractivity contribution in [2.75, 3.05) is 5.32 Å². The number of anilines is 1. The zero-order valence-electron chi connectivity index (χ0n) is 14.7. The lowest BCUT2D eigenvalue weighted by atomic mass is 10.1. The second kappa shape index (κ2) is 9.37. The number of amides is 1. The molecule has 0 radical (unpaired) electrons. The van der Waals surface area contributed by atoms with E-state index in [9.17, 15) is 22.4 Å². The predicted molar refractivity (Wildman–Crippen MR) is 99.6 cm³/mol. The fraction of sp³-hybridized carbons (Fsp3) is 0.158. The molecule has 0 fully saturated rings. The Morgan fingerprint density at radius 3 is 2.38 bits per heavy atom. The Morgan fingerprint density at radius 1 is 1.00 bits per heavy atom. The summed E-state index contributed by atoms with van der Waals surface area (Å²) < 4.78 is 58.1. The van der Waals surface area contributed by atoms with Crippen molar-refractivity contribution in [3.05, 3.63) is 59.5 Å². The molecule has 0 aliphatic carbocycles. The van der Waals surface area contributed by atoms with E-state index < -0.39 is 13.2 Å². The van der Waals surface area contributed by atoms with Gasteiger partial charge < -0.3 is 14.8 Å². The van der Waals surface area contributed by atoms with E-state index >= 15 is 0 Å². The summed E-state index contributed by atoms with van der Waals surface area (Å²) in [6.45, 7) is -5.88. The zero-order chi connectivity index (χ0) is 20.8. The van der Waals surface area contributed by atoms with Crippen LogP contribution >= 0.6 is 11.3 Å². The van der Waals surface area contributed by atoms with Crippen LogP contribution in [-0.4, -0.2) is 24.1 Å². The Morgan fingerprint density at radius 2 is 1.69 bits per heavy atom. The maximum Gasteiger partial charge on any atom is 0.387 e. The Hall–Kier alpha value is -3.14. The predicted octanol–water partition coefficient (Wildman–Crippen LogP) is 5.19. The molecule has 152 valence electrons. The minimum absolute atomic E-state index is 0.00148. The van der Waals surface area contributed by atoms with E-state index in [1.807, 2.05) is 0 Å². The van der Waals surface area contributed by atoms with Crippen LogP contribution in [0.25, 0.3) is 11.3 Å². The van der Waals surface area contributed by atoms with E-state index in [1.54, 1.807) is 23.6 Å². The van der Waals surface area contributed by atoms with Crippen molar-refractivity contribution in [3.8, 4) is 22.8 Å². The smallest absolute Gasteiger partial charge is 0.387 e. The molecular formula is C19H14F4N2O3S. The largest absolute Gasteiger partial charge is 0.435 e. The maximum atomic E-state index is 12.5. The van der Waals surface area contributed by atoms with Crippen molar-refractivity contribution in [1.29, 1.82) is 0 Å². The van der Waals surface area contributed by atoms with Gasteiger partial charge in [0.15, 0.2) is 5.13 Å². The third-order valence-corrected chi connectivity index (χ3v) is 4.40. The van der Waals surface area contributed by atoms with E-state index in [4.69, 9.17) is 0 Å². The number of benzene rings is 2. The van der Waals surface area contributed by atoms with Crippen molar-refractivity contribution in [3.63, 3.8) is 0 Å². The molecule has 5 nitrogen and oxygen atoms in total. The van der Waals surface area contributed by atoms with Gasteiger partial charge in [0.1, 0.15) is 11.5 Å². The summed E-state index contributed by atoms with van der Waals surface area (Å²) >= 11 is 1.13. The van der Waals surface area contributed by atoms with Crippen LogP contribution in [0.5, 0.6) is 11.5 Å². The Bertz CT molecular complexity index is 964. The number of ether oxygens (including phenoxy) is 2. The van der Waals surface area contributed by atoms with E-state index in [1.165, 1.54) is 30.3 Å². The number of aromatic nitrogens is 1. The highest BCUT2D eigenvalue weighted by molar-refractivity contribution is 7.14. The monoisotopic (exact) mass is 426 g/mol. The summed E-state index contributed by atoms with van der Waals surface area (Å²) in [5.41, 5.74) is 1.35. The normalized spacial score (nSPS) is 11.0. The van der Waals surface area contributed by atoms with Gasteiger partial charge in [-0.15, -0.1) is 11.3 Å². The van der Waals surface area contributed by atoms with E-state index in [0.717, 1.165) is 11.3 Å². The lowest BCUT2D eigenvalue weighted by Crippen LogP contribution is -2.14. The van der Waals surface area contributed by atoms with Gasteiger partial charge in [-0.1, -0.05) is 24.3 Å². The third kappa shape index (κ3) is 5.92. The second-order valence-electron chi connectivity index (χ2n) is 5.66. The fourth-order valence-corrected chi connectivity index (χ4v) is 3.20. The van der Waals surface area contributed by atoms with E-state index in [-0.39, 0.29) is 29.0 Å². The van der Waals surface area contributed by atoms with Gasteiger partial charge in [-0.25, -0.2) is 4.98 Å². The minimum atomic E-state index is -2.97. The van der Waals surface area contributed by atoms with Crippen LogP contribution in [0.1, 0.15) is 5.56 Å². The number of nitrogens with zero attached hydrogens (tertiary/aromatic N) is 1. The van der Waals surface area contributed by atoms with Gasteiger partial charge in [-0.05, 0) is 29.8 Å². The minimum Gasteiger partial charge on any atom is -0.435 e. The highest BCUT2D eigenvalue weighted by Gasteiger charge is 2.14. The molecule has 0 aliphatic rings. The molecule has 3 aromatic rings. The average Bonchev–Trinajstić information content (AvgIpc) is 3.11. The van der Waals surface area contributed by atoms with Crippen LogP contribution in [0.3, 0.4) is 0 Å². The molecule has 0 saturated carbocycles. The van der Waals surface area contributed by atoms with E-state index in [0.29, 0.717) is 16.8 Å². The van der Waals surface area contributed by atoms with Crippen LogP contribution in [-0.2, 0) is 11.2 Å². The number of para-hydroxylation sites is 1. The van der Waals surface area contributed by atoms with Crippen molar-refractivity contribution in [2.45, 2.75) is 19.6 Å². The highest BCUT2D eigenvalue weighted by Crippen LogP contribution is 2.33. The molecular weight excluding hydrogens is 412 g/mol. The maximum absolute atomic E-state index is 12.5. The van der Waals surface area contributed by atoms with Crippen molar-refractivity contribution in [1.82, 2.24) is 4.98 Å². The number of alkyl halides is 4. The summed E-state index contributed by atoms with van der Waals surface area (Å²) in [6, 6.07) is 11.9. The van der Waals surface area contributed by atoms with Crippen LogP contribution in [0.4, 0.5) is 22.7 Å². The summed E-state index contributed by atoms with van der Waals surface area (Å²) in [7, 11) is 0. The molecule has 0 bridgehead atoms. The number of nitrogens with one attached hydrogen (secondary N) is 1. The molecule has 1 N–H and O–H groups in total. The molecule has 29 heavy (non-hydrogen) atoms. The fourth-order valence-electron chi connectivity index (χ4n) is 2.47. The molecule has 0 spiro atoms. The molecule has 1 aromatic heterocycles. The first-order valence-corrected chi connectivity index (χ1v) is 9.12. The van der Waals surface area contributed by atoms with Gasteiger partial charge in [0.2, 0.25) is 5.91 Å². The number of rotatable bonds is 8. The SMILES string of the molecule is O=C(Cc1ccc(OC(F)F)cc1)Nc1nc(-c2ccccc2OC(F)F)cs1. The van der Waals surface area contributed by atoms with Gasteiger partial charge in [-0.3, -0.25) is 4.79 Å². The first-order chi connectivity index (χ1) is 13.9. The number of hydrogen-bond acceptors (Lipinski definition) is 5. The van der Waals surface area contributed by atoms with E-state index in [2.05, 4.69) is 19.8 Å². The van der Waals surface area contributed by atoms with Crippen molar-refractivity contribution < 1.29 is 31.8 Å². The average molecular weight is 426 g/mol. The number of carbonyl (C=O) groups excluding carboxylic acids is 1. The topological polar surface area (TPSA) is 60.5 Å². The Labute approximate surface area is 166 Å². The second-order valence-corrected chi connectivity index (χ2v) is 6.52. The van der Waals surface area contributed by atoms with Crippen LogP contribution in [0.2, 0.25) is 0 Å². The lowest BCUT2D eigenvalue weighted by Gasteiger charge is -2.08. The molecule has 1 heterocycles. The van der Waals surface area contributed by atoms with Crippen LogP contribution in [0.15, 0.2) is 53.9 Å². The number of hydrogen-bond donors (Lipinski definition) is 1. The molecule has 0 saturated heterocycles. The first-order valence-electron chi connectivity index (χ1n) is 8.24. The van der Waals surface area contributed by atoms with Gasteiger partial charge in [0.25, 0.3) is 0 Å². The molecule has 0 unspecified atom stereocenters. The molecule has 0 atom stereocenters. The standard InChI is InChI=1S/C19H14F4N2O3S/c20-17(21)27-12-7-5-11(6-8-12)9-16(26)25-19-24-14(10-29-19)13-3-1-2-4-15(13)28-18(22)23/h1-8,10,17-18H,9H2,(H,24,25,26). The number of thiazole rings is 1. The quantitative estimate of drug-likeness (QED) is 0.504.